The van der Waals surface area contributed by atoms with E-state index in [4.69, 9.17) is 21.1 Å². The molecule has 0 atom stereocenters. The first-order valence-corrected chi connectivity index (χ1v) is 9.23. The molecule has 0 spiro atoms. The lowest BCUT2D eigenvalue weighted by Crippen LogP contribution is -2.28. The normalized spacial score (nSPS) is 11.3. The molecule has 0 aliphatic rings. The number of ether oxygens (including phenoxy) is 2. The summed E-state index contributed by atoms with van der Waals surface area (Å²) < 4.78 is 37.6. The molecule has 1 N–H and O–H groups in total. The third-order valence-electron chi connectivity index (χ3n) is 3.42. The molecule has 2 aromatic rings. The van der Waals surface area contributed by atoms with Gasteiger partial charge in [0.2, 0.25) is 10.0 Å². The Morgan fingerprint density at radius 2 is 1.79 bits per heavy atom. The molecule has 0 saturated heterocycles. The van der Waals surface area contributed by atoms with Gasteiger partial charge in [-0.3, -0.25) is 0 Å². The number of rotatable bonds is 7. The summed E-state index contributed by atoms with van der Waals surface area (Å²) in [6, 6.07) is 10.2. The highest BCUT2D eigenvalue weighted by atomic mass is 35.5. The predicted octanol–water partition coefficient (Wildman–Crippen LogP) is 3.32. The summed E-state index contributed by atoms with van der Waals surface area (Å²) in [5, 5.41) is 0.243. The van der Waals surface area contributed by atoms with Crippen LogP contribution < -0.4 is 14.2 Å². The second kappa shape index (κ2) is 7.88. The van der Waals surface area contributed by atoms with Crippen LogP contribution in [0.5, 0.6) is 11.5 Å². The lowest BCUT2D eigenvalue weighted by atomic mass is 10.1. The molecule has 24 heavy (non-hydrogen) atoms. The fourth-order valence-electron chi connectivity index (χ4n) is 2.20. The number of hydrogen-bond donors (Lipinski definition) is 1. The van der Waals surface area contributed by atoms with Crippen molar-refractivity contribution in [3.63, 3.8) is 0 Å². The molecule has 0 amide bonds. The van der Waals surface area contributed by atoms with E-state index in [1.54, 1.807) is 0 Å². The number of halogens is 1. The molecule has 0 radical (unpaired) electrons. The Bertz CT molecular complexity index is 821. The number of sulfonamides is 1. The van der Waals surface area contributed by atoms with Crippen molar-refractivity contribution < 1.29 is 17.9 Å². The van der Waals surface area contributed by atoms with Gasteiger partial charge < -0.3 is 9.47 Å². The van der Waals surface area contributed by atoms with Gasteiger partial charge >= 0.3 is 0 Å². The zero-order valence-electron chi connectivity index (χ0n) is 13.8. The molecule has 0 bridgehead atoms. The minimum Gasteiger partial charge on any atom is -0.495 e. The summed E-state index contributed by atoms with van der Waals surface area (Å²) in [6.07, 6.45) is 0. The summed E-state index contributed by atoms with van der Waals surface area (Å²) in [7, 11) is -2.18. The van der Waals surface area contributed by atoms with Gasteiger partial charge in [-0.1, -0.05) is 29.3 Å². The Morgan fingerprint density at radius 3 is 2.42 bits per heavy atom. The van der Waals surface area contributed by atoms with Gasteiger partial charge in [0.25, 0.3) is 0 Å². The minimum atomic E-state index is -3.65. The number of nitrogens with one attached hydrogen (secondary N) is 1. The van der Waals surface area contributed by atoms with Crippen LogP contribution in [0.4, 0.5) is 0 Å². The standard InChI is InChI=1S/C17H20ClNO4S/c1-12-4-6-16(13(2)10-12)23-9-8-19-24(20,21)14-5-7-17(22-3)15(18)11-14/h4-7,10-11,19H,8-9H2,1-3H3. The molecule has 0 aliphatic carbocycles. The molecule has 2 aromatic carbocycles. The molecule has 0 aromatic heterocycles. The van der Waals surface area contributed by atoms with Crippen molar-refractivity contribution in [1.29, 1.82) is 0 Å². The average Bonchev–Trinajstić information content (AvgIpc) is 2.53. The molecular formula is C17H20ClNO4S. The molecular weight excluding hydrogens is 350 g/mol. The van der Waals surface area contributed by atoms with Gasteiger partial charge in [0, 0.05) is 6.54 Å². The van der Waals surface area contributed by atoms with Gasteiger partial charge in [0.1, 0.15) is 18.1 Å². The van der Waals surface area contributed by atoms with E-state index in [0.717, 1.165) is 16.9 Å². The molecule has 0 heterocycles. The number of aryl methyl sites for hydroxylation is 2. The SMILES string of the molecule is COc1ccc(S(=O)(=O)NCCOc2ccc(C)cc2C)cc1Cl. The summed E-state index contributed by atoms with van der Waals surface area (Å²) in [4.78, 5) is 0.0832. The van der Waals surface area contributed by atoms with Gasteiger partial charge in [-0.25, -0.2) is 13.1 Å². The van der Waals surface area contributed by atoms with Gasteiger partial charge in [0.05, 0.1) is 17.0 Å². The van der Waals surface area contributed by atoms with Crippen LogP contribution in [0.25, 0.3) is 0 Å². The third kappa shape index (κ3) is 4.63. The Kier molecular flexibility index (Phi) is 6.10. The van der Waals surface area contributed by atoms with Crippen LogP contribution in [0.3, 0.4) is 0 Å². The highest BCUT2D eigenvalue weighted by Gasteiger charge is 2.15. The van der Waals surface area contributed by atoms with Crippen LogP contribution >= 0.6 is 11.6 Å². The molecule has 0 aliphatic heterocycles. The topological polar surface area (TPSA) is 64.6 Å². The highest BCUT2D eigenvalue weighted by molar-refractivity contribution is 7.89. The zero-order valence-corrected chi connectivity index (χ0v) is 15.4. The number of hydrogen-bond acceptors (Lipinski definition) is 4. The van der Waals surface area contributed by atoms with Crippen LogP contribution in [0, 0.1) is 13.8 Å². The van der Waals surface area contributed by atoms with Crippen molar-refractivity contribution in [1.82, 2.24) is 4.72 Å². The maximum Gasteiger partial charge on any atom is 0.240 e. The zero-order chi connectivity index (χ0) is 17.7. The molecule has 0 fully saturated rings. The Balaban J connectivity index is 1.94. The second-order valence-corrected chi connectivity index (χ2v) is 7.49. The maximum absolute atomic E-state index is 12.2. The van der Waals surface area contributed by atoms with Crippen molar-refractivity contribution in [3.8, 4) is 11.5 Å². The van der Waals surface area contributed by atoms with E-state index >= 15 is 0 Å². The molecule has 2 rings (SSSR count). The Morgan fingerprint density at radius 1 is 1.08 bits per heavy atom. The van der Waals surface area contributed by atoms with E-state index in [0.29, 0.717) is 5.75 Å². The van der Waals surface area contributed by atoms with Crippen molar-refractivity contribution in [2.75, 3.05) is 20.3 Å². The molecule has 7 heteroatoms. The van der Waals surface area contributed by atoms with E-state index in [1.165, 1.54) is 25.3 Å². The fourth-order valence-corrected chi connectivity index (χ4v) is 3.56. The van der Waals surface area contributed by atoms with Gasteiger partial charge in [0.15, 0.2) is 0 Å². The van der Waals surface area contributed by atoms with Crippen molar-refractivity contribution in [2.24, 2.45) is 0 Å². The van der Waals surface area contributed by atoms with E-state index in [-0.39, 0.29) is 23.1 Å². The van der Waals surface area contributed by atoms with Crippen LogP contribution in [-0.2, 0) is 10.0 Å². The first-order valence-electron chi connectivity index (χ1n) is 7.37. The first-order chi connectivity index (χ1) is 11.3. The predicted molar refractivity (Wildman–Crippen MR) is 94.6 cm³/mol. The monoisotopic (exact) mass is 369 g/mol. The summed E-state index contributed by atoms with van der Waals surface area (Å²) in [6.45, 7) is 4.34. The van der Waals surface area contributed by atoms with E-state index in [9.17, 15) is 8.42 Å². The first kappa shape index (κ1) is 18.6. The Hall–Kier alpha value is -1.76. The van der Waals surface area contributed by atoms with E-state index < -0.39 is 10.0 Å². The van der Waals surface area contributed by atoms with E-state index in [1.807, 2.05) is 32.0 Å². The summed E-state index contributed by atoms with van der Waals surface area (Å²) >= 11 is 5.97. The molecule has 0 unspecified atom stereocenters. The van der Waals surface area contributed by atoms with Crippen molar-refractivity contribution in [2.45, 2.75) is 18.7 Å². The highest BCUT2D eigenvalue weighted by Crippen LogP contribution is 2.26. The fraction of sp³-hybridized carbons (Fsp3) is 0.294. The van der Waals surface area contributed by atoms with E-state index in [2.05, 4.69) is 4.72 Å². The van der Waals surface area contributed by atoms with Crippen molar-refractivity contribution >= 4 is 21.6 Å². The van der Waals surface area contributed by atoms with Gasteiger partial charge in [-0.2, -0.15) is 0 Å². The number of benzene rings is 2. The molecule has 5 nitrogen and oxygen atoms in total. The maximum atomic E-state index is 12.2. The quantitative estimate of drug-likeness (QED) is 0.760. The Labute approximate surface area is 147 Å². The van der Waals surface area contributed by atoms with Crippen LogP contribution in [0.1, 0.15) is 11.1 Å². The van der Waals surface area contributed by atoms with Gasteiger partial charge in [-0.05, 0) is 43.7 Å². The van der Waals surface area contributed by atoms with Gasteiger partial charge in [-0.15, -0.1) is 0 Å². The largest absolute Gasteiger partial charge is 0.495 e. The lowest BCUT2D eigenvalue weighted by molar-refractivity contribution is 0.320. The van der Waals surface area contributed by atoms with Crippen LogP contribution in [0.15, 0.2) is 41.3 Å². The molecule has 130 valence electrons. The van der Waals surface area contributed by atoms with Crippen molar-refractivity contribution in [3.05, 3.63) is 52.5 Å². The van der Waals surface area contributed by atoms with Crippen LogP contribution in [0.2, 0.25) is 5.02 Å². The summed E-state index contributed by atoms with van der Waals surface area (Å²) in [5.74, 6) is 1.17. The third-order valence-corrected chi connectivity index (χ3v) is 5.17. The van der Waals surface area contributed by atoms with Crippen LogP contribution in [-0.4, -0.2) is 28.7 Å². The smallest absolute Gasteiger partial charge is 0.240 e. The average molecular weight is 370 g/mol. The molecule has 0 saturated carbocycles. The lowest BCUT2D eigenvalue weighted by Gasteiger charge is -2.11. The second-order valence-electron chi connectivity index (χ2n) is 5.31. The number of methoxy groups -OCH3 is 1. The minimum absolute atomic E-state index is 0.0832. The summed E-state index contributed by atoms with van der Waals surface area (Å²) in [5.41, 5.74) is 2.16.